The van der Waals surface area contributed by atoms with Crippen molar-refractivity contribution in [1.29, 1.82) is 0 Å². The highest BCUT2D eigenvalue weighted by molar-refractivity contribution is 7.48. The van der Waals surface area contributed by atoms with E-state index >= 15 is 0 Å². The van der Waals surface area contributed by atoms with E-state index < -0.39 is 95.8 Å². The average Bonchev–Trinajstić information content (AvgIpc) is 3.47. The molecule has 384 valence electrons. The Labute approximate surface area is 380 Å². The molecule has 13 atom stereocenters. The minimum atomic E-state index is -6.26. The second kappa shape index (κ2) is 20.7. The maximum absolute atomic E-state index is 13.5. The molecule has 11 N–H and O–H groups in total. The summed E-state index contributed by atoms with van der Waals surface area (Å²) in [5, 5.41) is 0. The van der Waals surface area contributed by atoms with Gasteiger partial charge in [0.1, 0.15) is 42.7 Å². The van der Waals surface area contributed by atoms with E-state index in [9.17, 15) is 86.0 Å². The summed E-state index contributed by atoms with van der Waals surface area (Å²) in [6.07, 6.45) is -10.1. The molecule has 0 bridgehead atoms. The molecule has 0 aromatic carbocycles. The predicted molar refractivity (Wildman–Crippen MR) is 224 cm³/mol. The molecule has 32 heteroatoms. The van der Waals surface area contributed by atoms with Crippen LogP contribution < -0.4 is 0 Å². The van der Waals surface area contributed by atoms with Gasteiger partial charge in [-0.25, -0.2) is 32.2 Å². The largest absolute Gasteiger partial charge is 0.532 e. The van der Waals surface area contributed by atoms with Crippen LogP contribution in [0.15, 0.2) is 11.6 Å². The zero-order chi connectivity index (χ0) is 49.8. The molecule has 11 unspecified atom stereocenters. The Morgan fingerprint density at radius 2 is 1.08 bits per heavy atom. The van der Waals surface area contributed by atoms with Crippen molar-refractivity contribution in [3.05, 3.63) is 11.6 Å². The third-order valence-electron chi connectivity index (χ3n) is 14.2. The Kier molecular flexibility index (Phi) is 17.7. The van der Waals surface area contributed by atoms with Crippen LogP contribution in [0.1, 0.15) is 105 Å². The van der Waals surface area contributed by atoms with E-state index in [1.54, 1.807) is 0 Å². The van der Waals surface area contributed by atoms with Gasteiger partial charge in [0, 0.05) is 6.42 Å². The van der Waals surface area contributed by atoms with Gasteiger partial charge in [-0.3, -0.25) is 32.0 Å². The number of allylic oxidation sites excluding steroid dienone is 1. The van der Waals surface area contributed by atoms with Crippen molar-refractivity contribution in [2.24, 2.45) is 46.3 Å². The van der Waals surface area contributed by atoms with Crippen LogP contribution in [0.5, 0.6) is 0 Å². The lowest BCUT2D eigenvalue weighted by Gasteiger charge is -2.58. The smallest absolute Gasteiger partial charge is 0.430 e. The fourth-order valence-corrected chi connectivity index (χ4v) is 15.4. The predicted octanol–water partition coefficient (Wildman–Crippen LogP) is 5.44. The highest BCUT2D eigenvalue weighted by atomic mass is 31.2. The van der Waals surface area contributed by atoms with Crippen molar-refractivity contribution in [2.45, 2.75) is 148 Å². The first kappa shape index (κ1) is 56.6. The van der Waals surface area contributed by atoms with Crippen LogP contribution in [0.4, 0.5) is 4.79 Å². The maximum atomic E-state index is 13.5. The molecule has 0 aromatic heterocycles. The number of phosphoric ester groups is 6. The molecule has 0 amide bonds. The molecule has 0 spiro atoms. The Hall–Kier alpha value is -0.290. The molecule has 0 aliphatic heterocycles. The summed E-state index contributed by atoms with van der Waals surface area (Å²) < 4.78 is 110. The minimum Gasteiger partial charge on any atom is -0.430 e. The van der Waals surface area contributed by atoms with Gasteiger partial charge in [-0.05, 0) is 91.3 Å². The van der Waals surface area contributed by atoms with Gasteiger partial charge in [-0.15, -0.1) is 0 Å². The van der Waals surface area contributed by atoms with E-state index in [0.29, 0.717) is 41.9 Å². The zero-order valence-corrected chi connectivity index (χ0v) is 42.0. The summed E-state index contributed by atoms with van der Waals surface area (Å²) in [6.45, 7) is 11.6. The number of hydrogen-bond acceptors (Lipinski definition) is 15. The number of carbonyl (C=O) groups excluding carboxylic acids is 1. The van der Waals surface area contributed by atoms with E-state index in [4.69, 9.17) is 9.26 Å². The van der Waals surface area contributed by atoms with Crippen LogP contribution in [0.25, 0.3) is 0 Å². The highest BCUT2D eigenvalue weighted by Crippen LogP contribution is 2.68. The molecule has 0 saturated heterocycles. The number of carbonyl (C=O) groups is 1. The van der Waals surface area contributed by atoms with Gasteiger partial charge in [-0.2, -0.15) is 0 Å². The van der Waals surface area contributed by atoms with E-state index in [0.717, 1.165) is 31.3 Å². The first-order valence-corrected chi connectivity index (χ1v) is 30.4. The molecular formula is C34H62O26P6. The van der Waals surface area contributed by atoms with Crippen molar-refractivity contribution >= 4 is 53.1 Å². The number of fused-ring (bicyclic) bond motifs is 5. The first-order valence-electron chi connectivity index (χ1n) is 21.2. The summed E-state index contributed by atoms with van der Waals surface area (Å²) in [6, 6.07) is 0. The quantitative estimate of drug-likeness (QED) is 0.0436. The Bertz CT molecular complexity index is 2020. The molecule has 0 radical (unpaired) electrons. The molecule has 0 aromatic rings. The molecule has 5 rings (SSSR count). The summed E-state index contributed by atoms with van der Waals surface area (Å²) in [4.78, 5) is 120. The van der Waals surface area contributed by atoms with E-state index in [1.807, 2.05) is 0 Å². The van der Waals surface area contributed by atoms with Gasteiger partial charge in [0.05, 0.1) is 0 Å². The standard InChI is InChI=1S/C34H62O26P6/c1-18(2)7-6-8-19(3)23-11-12-24-22-10-9-20-17-21(13-15-33(20,4)25(22)14-16-34(23,24)5)53-32(35)60-66(51,52)59-31-29(57-64(45,46)47)27(55-62(39,40)41)26(54-61(36,37)38)28(56-63(42,43)44)30(31)58-65(48,49)50/h9,18-19,21-31H,6-8,10-17H2,1-5H3,(H,51,52)(H2,36,37,38)(H2,39,40,41)(H2,42,43,44)(H2,45,46,47)(H2,48,49,50)/t19-,21-,22?,23?,24?,25?,26?,27?,28?,29?,30?,31?,33?,34?/m0/s1. The first-order chi connectivity index (χ1) is 29.9. The average molecular weight is 1070 g/mol. The summed E-state index contributed by atoms with van der Waals surface area (Å²) >= 11 is 0. The lowest BCUT2D eigenvalue weighted by atomic mass is 9.47. The molecule has 5 aliphatic carbocycles. The van der Waals surface area contributed by atoms with Crippen molar-refractivity contribution < 1.29 is 122 Å². The Morgan fingerprint density at radius 1 is 0.621 bits per heavy atom. The van der Waals surface area contributed by atoms with E-state index in [-0.39, 0.29) is 23.7 Å². The third kappa shape index (κ3) is 14.7. The van der Waals surface area contributed by atoms with Crippen LogP contribution in [0, 0.1) is 46.3 Å². The molecule has 5 aliphatic rings. The summed E-state index contributed by atoms with van der Waals surface area (Å²) in [5.41, 5.74) is 1.00. The monoisotopic (exact) mass is 1070 g/mol. The van der Waals surface area contributed by atoms with E-state index in [2.05, 4.69) is 67.8 Å². The number of hydrogen-bond donors (Lipinski definition) is 11. The highest BCUT2D eigenvalue weighted by Gasteiger charge is 2.64. The maximum Gasteiger partial charge on any atom is 0.532 e. The van der Waals surface area contributed by atoms with Gasteiger partial charge in [0.2, 0.25) is 0 Å². The van der Waals surface area contributed by atoms with Crippen LogP contribution in [-0.2, 0) is 63.8 Å². The fourth-order valence-electron chi connectivity index (χ4n) is 11.8. The van der Waals surface area contributed by atoms with Crippen molar-refractivity contribution in [1.82, 2.24) is 0 Å². The third-order valence-corrected chi connectivity index (χ3v) is 17.7. The molecule has 0 heterocycles. The lowest BCUT2D eigenvalue weighted by Crippen LogP contribution is -2.66. The van der Waals surface area contributed by atoms with Crippen LogP contribution in [-0.4, -0.2) is 103 Å². The van der Waals surface area contributed by atoms with Crippen LogP contribution in [0.2, 0.25) is 0 Å². The van der Waals surface area contributed by atoms with Gasteiger partial charge >= 0.3 is 53.1 Å². The zero-order valence-electron chi connectivity index (χ0n) is 36.6. The summed E-state index contributed by atoms with van der Waals surface area (Å²) in [5.74, 6) is 3.30. The molecule has 4 saturated carbocycles. The second-order valence-electron chi connectivity index (χ2n) is 19.0. The van der Waals surface area contributed by atoms with Crippen molar-refractivity contribution in [3.63, 3.8) is 0 Å². The molecule has 4 fully saturated rings. The van der Waals surface area contributed by atoms with Gasteiger partial charge < -0.3 is 58.2 Å². The number of phosphoric acid groups is 6. The van der Waals surface area contributed by atoms with Gasteiger partial charge in [-0.1, -0.05) is 65.5 Å². The Morgan fingerprint density at radius 3 is 1.52 bits per heavy atom. The lowest BCUT2D eigenvalue weighted by molar-refractivity contribution is -0.202. The van der Waals surface area contributed by atoms with Crippen LogP contribution in [0.3, 0.4) is 0 Å². The van der Waals surface area contributed by atoms with Crippen LogP contribution >= 0.6 is 46.9 Å². The van der Waals surface area contributed by atoms with Crippen molar-refractivity contribution in [2.75, 3.05) is 0 Å². The Balaban J connectivity index is 1.36. The molecule has 26 nitrogen and oxygen atoms in total. The molecule has 66 heavy (non-hydrogen) atoms. The van der Waals surface area contributed by atoms with E-state index in [1.165, 1.54) is 25.7 Å². The summed E-state index contributed by atoms with van der Waals surface area (Å²) in [7, 11) is -37.0. The second-order valence-corrected chi connectivity index (χ2v) is 26.2. The SMILES string of the molecule is CC(C)CCC[C@H](C)C1CCC2C3CC=C4C[C@@H](OC(=O)OP(=O)(O)OC5C(OP(=O)(O)O)C(OP(=O)(O)O)C(OP(=O)(O)O)C(OP(=O)(O)O)C5OP(=O)(O)O)CCC4(C)C3CCC21C. The number of ether oxygens (including phenoxy) is 1. The van der Waals surface area contributed by atoms with Crippen molar-refractivity contribution in [3.8, 4) is 0 Å². The fraction of sp³-hybridized carbons (Fsp3) is 0.912. The minimum absolute atomic E-state index is 0.200. The van der Waals surface area contributed by atoms with Gasteiger partial charge in [0.25, 0.3) is 0 Å². The number of rotatable bonds is 19. The normalized spacial score (nSPS) is 36.9. The topological polar surface area (TPSA) is 416 Å². The van der Waals surface area contributed by atoms with Gasteiger partial charge in [0.15, 0.2) is 0 Å². The molecular weight excluding hydrogens is 1010 g/mol.